The van der Waals surface area contributed by atoms with E-state index in [1.807, 2.05) is 11.8 Å². The Bertz CT molecular complexity index is 264. The molecule has 1 amide bonds. The molecule has 1 aliphatic carbocycles. The van der Waals surface area contributed by atoms with Crippen molar-refractivity contribution in [2.45, 2.75) is 51.2 Å². The normalized spacial score (nSPS) is 30.8. The van der Waals surface area contributed by atoms with Crippen molar-refractivity contribution in [3.05, 3.63) is 0 Å². The number of nitrogens with zero attached hydrogens (tertiary/aromatic N) is 1. The summed E-state index contributed by atoms with van der Waals surface area (Å²) in [5.41, 5.74) is 0. The maximum absolute atomic E-state index is 12.0. The van der Waals surface area contributed by atoms with Gasteiger partial charge in [-0.25, -0.2) is 0 Å². The molecule has 0 bridgehead atoms. The fourth-order valence-electron chi connectivity index (χ4n) is 2.88. The zero-order chi connectivity index (χ0) is 12.3. The topological polar surface area (TPSA) is 52.6 Å². The van der Waals surface area contributed by atoms with Crippen molar-refractivity contribution in [2.75, 3.05) is 19.6 Å². The molecule has 98 valence electrons. The lowest BCUT2D eigenvalue weighted by atomic mass is 10.1. The maximum atomic E-state index is 12.0. The number of likely N-dealkylation sites (tertiary alicyclic amines) is 1. The van der Waals surface area contributed by atoms with Crippen LogP contribution >= 0.6 is 0 Å². The van der Waals surface area contributed by atoms with Gasteiger partial charge in [-0.2, -0.15) is 0 Å². The Hall–Kier alpha value is -0.610. The number of aliphatic hydroxyl groups is 1. The van der Waals surface area contributed by atoms with E-state index in [0.717, 1.165) is 51.7 Å². The third-order valence-corrected chi connectivity index (χ3v) is 4.01. The average molecular weight is 240 g/mol. The summed E-state index contributed by atoms with van der Waals surface area (Å²) in [7, 11) is 0. The van der Waals surface area contributed by atoms with Crippen LogP contribution in [0.3, 0.4) is 0 Å². The quantitative estimate of drug-likeness (QED) is 0.762. The molecule has 17 heavy (non-hydrogen) atoms. The van der Waals surface area contributed by atoms with Gasteiger partial charge in [-0.05, 0) is 51.5 Å². The van der Waals surface area contributed by atoms with Gasteiger partial charge >= 0.3 is 0 Å². The molecule has 0 aromatic rings. The van der Waals surface area contributed by atoms with Crippen molar-refractivity contribution in [2.24, 2.45) is 5.92 Å². The highest BCUT2D eigenvalue weighted by molar-refractivity contribution is 5.81. The Morgan fingerprint density at radius 3 is 2.71 bits per heavy atom. The van der Waals surface area contributed by atoms with Crippen LogP contribution in [-0.2, 0) is 4.79 Å². The minimum Gasteiger partial charge on any atom is -0.393 e. The second-order valence-electron chi connectivity index (χ2n) is 5.50. The highest BCUT2D eigenvalue weighted by Gasteiger charge is 2.26. The Labute approximate surface area is 103 Å². The summed E-state index contributed by atoms with van der Waals surface area (Å²) in [5, 5.41) is 12.8. The molecule has 2 N–H and O–H groups in total. The van der Waals surface area contributed by atoms with Crippen LogP contribution in [0, 0.1) is 5.92 Å². The molecule has 0 radical (unpaired) electrons. The van der Waals surface area contributed by atoms with Crippen molar-refractivity contribution in [3.63, 3.8) is 0 Å². The summed E-state index contributed by atoms with van der Waals surface area (Å²) in [6, 6.07) is -0.0779. The van der Waals surface area contributed by atoms with Gasteiger partial charge in [0.25, 0.3) is 0 Å². The van der Waals surface area contributed by atoms with Gasteiger partial charge in [0.1, 0.15) is 0 Å². The second-order valence-corrected chi connectivity index (χ2v) is 5.50. The Balaban J connectivity index is 1.69. The third-order valence-electron chi connectivity index (χ3n) is 4.01. The lowest BCUT2D eigenvalue weighted by molar-refractivity contribution is -0.131. The smallest absolute Gasteiger partial charge is 0.239 e. The van der Waals surface area contributed by atoms with Crippen LogP contribution in [0.2, 0.25) is 0 Å². The first-order valence-corrected chi connectivity index (χ1v) is 6.87. The fraction of sp³-hybridized carbons (Fsp3) is 0.923. The molecule has 3 unspecified atom stereocenters. The van der Waals surface area contributed by atoms with Gasteiger partial charge in [0, 0.05) is 13.1 Å². The van der Waals surface area contributed by atoms with E-state index >= 15 is 0 Å². The van der Waals surface area contributed by atoms with Gasteiger partial charge in [-0.15, -0.1) is 0 Å². The summed E-state index contributed by atoms with van der Waals surface area (Å²) in [6.45, 7) is 4.66. The van der Waals surface area contributed by atoms with Crippen molar-refractivity contribution >= 4 is 5.91 Å². The van der Waals surface area contributed by atoms with E-state index in [0.29, 0.717) is 5.92 Å². The van der Waals surface area contributed by atoms with E-state index in [1.165, 1.54) is 0 Å². The van der Waals surface area contributed by atoms with Crippen molar-refractivity contribution in [1.29, 1.82) is 0 Å². The highest BCUT2D eigenvalue weighted by atomic mass is 16.3. The molecule has 2 fully saturated rings. The molecular formula is C13H24N2O2. The fourth-order valence-corrected chi connectivity index (χ4v) is 2.88. The van der Waals surface area contributed by atoms with Crippen LogP contribution in [0.5, 0.6) is 0 Å². The van der Waals surface area contributed by atoms with Crippen LogP contribution in [0.1, 0.15) is 39.0 Å². The number of rotatable bonds is 4. The number of carbonyl (C=O) groups excluding carboxylic acids is 1. The second kappa shape index (κ2) is 5.83. The molecule has 1 aliphatic heterocycles. The predicted octanol–water partition coefficient (Wildman–Crippen LogP) is 0.748. The molecular weight excluding hydrogens is 216 g/mol. The van der Waals surface area contributed by atoms with Gasteiger partial charge in [0.15, 0.2) is 0 Å². The van der Waals surface area contributed by atoms with Gasteiger partial charge in [0.2, 0.25) is 5.91 Å². The lowest BCUT2D eigenvalue weighted by Gasteiger charge is -2.22. The number of carbonyl (C=O) groups is 1. The van der Waals surface area contributed by atoms with Crippen molar-refractivity contribution < 1.29 is 9.90 Å². The minimum atomic E-state index is -0.119. The summed E-state index contributed by atoms with van der Waals surface area (Å²) < 4.78 is 0. The molecule has 3 atom stereocenters. The van der Waals surface area contributed by atoms with Gasteiger partial charge in [-0.1, -0.05) is 0 Å². The van der Waals surface area contributed by atoms with E-state index in [2.05, 4.69) is 5.32 Å². The van der Waals surface area contributed by atoms with Crippen molar-refractivity contribution in [3.8, 4) is 0 Å². The molecule has 1 saturated carbocycles. The lowest BCUT2D eigenvalue weighted by Crippen LogP contribution is -2.44. The molecule has 4 heteroatoms. The largest absolute Gasteiger partial charge is 0.393 e. The van der Waals surface area contributed by atoms with Crippen LogP contribution in [0.4, 0.5) is 0 Å². The van der Waals surface area contributed by atoms with E-state index in [4.69, 9.17) is 0 Å². The molecule has 0 spiro atoms. The first-order valence-electron chi connectivity index (χ1n) is 6.87. The Kier molecular flexibility index (Phi) is 4.40. The van der Waals surface area contributed by atoms with Crippen molar-refractivity contribution in [1.82, 2.24) is 10.2 Å². The number of hydrogen-bond donors (Lipinski definition) is 2. The summed E-state index contributed by atoms with van der Waals surface area (Å²) in [6.07, 6.45) is 5.06. The first kappa shape index (κ1) is 12.8. The first-order chi connectivity index (χ1) is 8.16. The zero-order valence-electron chi connectivity index (χ0n) is 10.7. The van der Waals surface area contributed by atoms with Crippen LogP contribution in [-0.4, -0.2) is 47.7 Å². The zero-order valence-corrected chi connectivity index (χ0v) is 10.7. The number of nitrogens with one attached hydrogen (secondary N) is 1. The van der Waals surface area contributed by atoms with E-state index in [-0.39, 0.29) is 18.1 Å². The van der Waals surface area contributed by atoms with E-state index in [1.54, 1.807) is 0 Å². The predicted molar refractivity (Wildman–Crippen MR) is 66.6 cm³/mol. The molecule has 0 aromatic heterocycles. The molecule has 2 rings (SSSR count). The van der Waals surface area contributed by atoms with Gasteiger partial charge < -0.3 is 15.3 Å². The standard InChI is InChI=1S/C13H24N2O2/c1-10(13(17)15-6-2-3-7-15)14-9-11-4-5-12(16)8-11/h10-12,14,16H,2-9H2,1H3. The Morgan fingerprint density at radius 1 is 1.41 bits per heavy atom. The molecule has 0 aromatic carbocycles. The van der Waals surface area contributed by atoms with E-state index < -0.39 is 0 Å². The van der Waals surface area contributed by atoms with Crippen LogP contribution in [0.25, 0.3) is 0 Å². The minimum absolute atomic E-state index is 0.0779. The number of aliphatic hydroxyl groups excluding tert-OH is 1. The third kappa shape index (κ3) is 3.42. The number of hydrogen-bond acceptors (Lipinski definition) is 3. The van der Waals surface area contributed by atoms with Gasteiger partial charge in [-0.3, -0.25) is 4.79 Å². The summed E-state index contributed by atoms with van der Waals surface area (Å²) in [5.74, 6) is 0.778. The number of amides is 1. The average Bonchev–Trinajstić information content (AvgIpc) is 2.95. The maximum Gasteiger partial charge on any atom is 0.239 e. The molecule has 2 aliphatic rings. The molecule has 1 saturated heterocycles. The highest BCUT2D eigenvalue weighted by Crippen LogP contribution is 2.24. The van der Waals surface area contributed by atoms with E-state index in [9.17, 15) is 9.90 Å². The Morgan fingerprint density at radius 2 is 2.12 bits per heavy atom. The monoisotopic (exact) mass is 240 g/mol. The van der Waals surface area contributed by atoms with Gasteiger partial charge in [0.05, 0.1) is 12.1 Å². The van der Waals surface area contributed by atoms with Crippen LogP contribution in [0.15, 0.2) is 0 Å². The summed E-state index contributed by atoms with van der Waals surface area (Å²) in [4.78, 5) is 14.0. The SMILES string of the molecule is CC(NCC1CCC(O)C1)C(=O)N1CCCC1. The molecule has 4 nitrogen and oxygen atoms in total. The summed E-state index contributed by atoms with van der Waals surface area (Å²) >= 11 is 0. The van der Waals surface area contributed by atoms with Crippen LogP contribution < -0.4 is 5.32 Å². The molecule has 1 heterocycles.